The molecule has 1 aliphatic carbocycles. The van der Waals surface area contributed by atoms with E-state index in [0.717, 1.165) is 41.8 Å². The number of hydrogen-bond acceptors (Lipinski definition) is 4. The lowest BCUT2D eigenvalue weighted by atomic mass is 9.96. The molecular formula is C10H14N2O3. The van der Waals surface area contributed by atoms with Crippen molar-refractivity contribution in [3.63, 3.8) is 0 Å². The van der Waals surface area contributed by atoms with Crippen LogP contribution in [0.15, 0.2) is 0 Å². The van der Waals surface area contributed by atoms with E-state index in [4.69, 9.17) is 4.74 Å². The Hall–Kier alpha value is -1.52. The lowest BCUT2D eigenvalue weighted by Gasteiger charge is -2.10. The maximum Gasteiger partial charge on any atom is 0.359 e. The normalized spacial score (nSPS) is 14.7. The van der Waals surface area contributed by atoms with Gasteiger partial charge in [0.05, 0.1) is 12.3 Å². The van der Waals surface area contributed by atoms with Crippen molar-refractivity contribution in [2.24, 2.45) is 0 Å². The van der Waals surface area contributed by atoms with Crippen LogP contribution < -0.4 is 0 Å². The van der Waals surface area contributed by atoms with Gasteiger partial charge < -0.3 is 9.94 Å². The zero-order valence-corrected chi connectivity index (χ0v) is 8.69. The number of carbonyl (C=O) groups is 1. The molecule has 1 aliphatic rings. The summed E-state index contributed by atoms with van der Waals surface area (Å²) in [5, 5.41) is 13.3. The van der Waals surface area contributed by atoms with Crippen LogP contribution in [-0.2, 0) is 17.6 Å². The predicted octanol–water partition coefficient (Wildman–Crippen LogP) is 1.18. The summed E-state index contributed by atoms with van der Waals surface area (Å²) in [7, 11) is 0. The molecule has 0 fully saturated rings. The maximum atomic E-state index is 11.5. The molecule has 0 saturated heterocycles. The van der Waals surface area contributed by atoms with Gasteiger partial charge in [-0.15, -0.1) is 9.94 Å². The molecule has 0 radical (unpaired) electrons. The van der Waals surface area contributed by atoms with Gasteiger partial charge in [0.1, 0.15) is 0 Å². The van der Waals surface area contributed by atoms with E-state index < -0.39 is 5.97 Å². The average molecular weight is 210 g/mol. The minimum absolute atomic E-state index is 0.272. The largest absolute Gasteiger partial charge is 0.461 e. The summed E-state index contributed by atoms with van der Waals surface area (Å²) in [6, 6.07) is 0. The molecule has 0 atom stereocenters. The van der Waals surface area contributed by atoms with Crippen molar-refractivity contribution in [2.75, 3.05) is 6.61 Å². The monoisotopic (exact) mass is 210 g/mol. The van der Waals surface area contributed by atoms with E-state index in [1.54, 1.807) is 6.92 Å². The van der Waals surface area contributed by atoms with Crippen molar-refractivity contribution < 1.29 is 14.7 Å². The molecule has 82 valence electrons. The van der Waals surface area contributed by atoms with Crippen LogP contribution >= 0.6 is 0 Å². The molecule has 0 bridgehead atoms. The Bertz CT molecular complexity index is 384. The number of carbonyl (C=O) groups excluding carboxylic acids is 1. The fourth-order valence-corrected chi connectivity index (χ4v) is 1.94. The van der Waals surface area contributed by atoms with E-state index in [9.17, 15) is 10.0 Å². The molecule has 1 aromatic rings. The Kier molecular flexibility index (Phi) is 2.62. The molecule has 15 heavy (non-hydrogen) atoms. The molecule has 0 aliphatic heterocycles. The van der Waals surface area contributed by atoms with Crippen LogP contribution in [0, 0.1) is 0 Å². The van der Waals surface area contributed by atoms with Gasteiger partial charge in [0, 0.05) is 5.56 Å². The molecule has 1 aromatic heterocycles. The highest BCUT2D eigenvalue weighted by molar-refractivity contribution is 5.89. The van der Waals surface area contributed by atoms with E-state index in [1.807, 2.05) is 0 Å². The number of ether oxygens (including phenoxy) is 1. The second-order valence-electron chi connectivity index (χ2n) is 3.59. The number of nitrogens with zero attached hydrogens (tertiary/aromatic N) is 2. The summed E-state index contributed by atoms with van der Waals surface area (Å²) >= 11 is 0. The van der Waals surface area contributed by atoms with Crippen molar-refractivity contribution in [1.29, 1.82) is 0 Å². The first-order valence-electron chi connectivity index (χ1n) is 5.21. The Balaban J connectivity index is 2.35. The average Bonchev–Trinajstić information content (AvgIpc) is 2.58. The highest BCUT2D eigenvalue weighted by Gasteiger charge is 2.25. The molecule has 0 aromatic carbocycles. The summed E-state index contributed by atoms with van der Waals surface area (Å²) in [4.78, 5) is 12.3. The van der Waals surface area contributed by atoms with Crippen molar-refractivity contribution in [3.05, 3.63) is 17.0 Å². The number of hydrogen-bond donors (Lipinski definition) is 1. The summed E-state index contributed by atoms with van der Waals surface area (Å²) in [6.07, 6.45) is 3.63. The molecule has 5 heteroatoms. The quantitative estimate of drug-likeness (QED) is 0.588. The molecule has 0 amide bonds. The van der Waals surface area contributed by atoms with Crippen LogP contribution in [0.5, 0.6) is 0 Å². The maximum absolute atomic E-state index is 11.5. The standard InChI is InChI=1S/C10H14N2O3/c1-2-15-10(13)9-7-5-3-4-6-8(7)12(14)11-9/h14H,2-6H2,1H3. The summed E-state index contributed by atoms with van der Waals surface area (Å²) in [5.74, 6) is -0.441. The van der Waals surface area contributed by atoms with Gasteiger partial charge in [-0.25, -0.2) is 4.79 Å². The molecule has 1 heterocycles. The van der Waals surface area contributed by atoms with Gasteiger partial charge in [0.15, 0.2) is 5.69 Å². The van der Waals surface area contributed by atoms with Gasteiger partial charge in [0.25, 0.3) is 0 Å². The van der Waals surface area contributed by atoms with Gasteiger partial charge >= 0.3 is 5.97 Å². The third-order valence-corrected chi connectivity index (χ3v) is 2.63. The third kappa shape index (κ3) is 1.69. The van der Waals surface area contributed by atoms with Crippen LogP contribution in [0.3, 0.4) is 0 Å². The molecular weight excluding hydrogens is 196 g/mol. The topological polar surface area (TPSA) is 64.3 Å². The summed E-state index contributed by atoms with van der Waals surface area (Å²) in [5.41, 5.74) is 1.88. The van der Waals surface area contributed by atoms with Crippen LogP contribution in [-0.4, -0.2) is 27.7 Å². The highest BCUT2D eigenvalue weighted by Crippen LogP contribution is 2.24. The molecule has 0 spiro atoms. The number of esters is 1. The van der Waals surface area contributed by atoms with Crippen LogP contribution in [0.1, 0.15) is 41.5 Å². The third-order valence-electron chi connectivity index (χ3n) is 2.63. The molecule has 1 N–H and O–H groups in total. The Morgan fingerprint density at radius 1 is 1.53 bits per heavy atom. The summed E-state index contributed by atoms with van der Waals surface area (Å²) < 4.78 is 4.88. The van der Waals surface area contributed by atoms with Gasteiger partial charge in [0.2, 0.25) is 0 Å². The molecule has 0 saturated carbocycles. The lowest BCUT2D eigenvalue weighted by Crippen LogP contribution is -2.10. The molecule has 5 nitrogen and oxygen atoms in total. The second-order valence-corrected chi connectivity index (χ2v) is 3.59. The van der Waals surface area contributed by atoms with Crippen molar-refractivity contribution in [1.82, 2.24) is 9.94 Å². The van der Waals surface area contributed by atoms with Gasteiger partial charge in [-0.05, 0) is 32.6 Å². The minimum Gasteiger partial charge on any atom is -0.461 e. The summed E-state index contributed by atoms with van der Waals surface area (Å²) in [6.45, 7) is 2.08. The SMILES string of the molecule is CCOC(=O)c1nn(O)c2c1CCCC2. The first-order valence-corrected chi connectivity index (χ1v) is 5.21. The number of rotatable bonds is 2. The zero-order chi connectivity index (χ0) is 10.8. The van der Waals surface area contributed by atoms with Crippen LogP contribution in [0.4, 0.5) is 0 Å². The van der Waals surface area contributed by atoms with Gasteiger partial charge in [-0.1, -0.05) is 0 Å². The predicted molar refractivity (Wildman–Crippen MR) is 52.0 cm³/mol. The van der Waals surface area contributed by atoms with Gasteiger partial charge in [-0.2, -0.15) is 0 Å². The first-order chi connectivity index (χ1) is 7.24. The van der Waals surface area contributed by atoms with E-state index in [1.165, 1.54) is 0 Å². The Morgan fingerprint density at radius 3 is 3.00 bits per heavy atom. The lowest BCUT2D eigenvalue weighted by molar-refractivity contribution is 0.0508. The van der Waals surface area contributed by atoms with Crippen LogP contribution in [0.2, 0.25) is 0 Å². The van der Waals surface area contributed by atoms with E-state index in [0.29, 0.717) is 6.61 Å². The van der Waals surface area contributed by atoms with E-state index >= 15 is 0 Å². The molecule has 2 rings (SSSR count). The minimum atomic E-state index is -0.441. The Morgan fingerprint density at radius 2 is 2.27 bits per heavy atom. The van der Waals surface area contributed by atoms with Crippen LogP contribution in [0.25, 0.3) is 0 Å². The highest BCUT2D eigenvalue weighted by atomic mass is 16.5. The van der Waals surface area contributed by atoms with Gasteiger partial charge in [-0.3, -0.25) is 0 Å². The number of aromatic nitrogens is 2. The van der Waals surface area contributed by atoms with Crippen molar-refractivity contribution in [2.45, 2.75) is 32.6 Å². The fraction of sp³-hybridized carbons (Fsp3) is 0.600. The van der Waals surface area contributed by atoms with Crippen molar-refractivity contribution in [3.8, 4) is 0 Å². The second kappa shape index (κ2) is 3.92. The zero-order valence-electron chi connectivity index (χ0n) is 8.69. The van der Waals surface area contributed by atoms with Crippen molar-refractivity contribution >= 4 is 5.97 Å². The first kappa shape index (κ1) is 10.0. The number of fused-ring (bicyclic) bond motifs is 1. The Labute approximate surface area is 87.6 Å². The fourth-order valence-electron chi connectivity index (χ4n) is 1.94. The molecule has 0 unspecified atom stereocenters. The smallest absolute Gasteiger partial charge is 0.359 e. The van der Waals surface area contributed by atoms with E-state index in [2.05, 4.69) is 5.10 Å². The van der Waals surface area contributed by atoms with E-state index in [-0.39, 0.29) is 5.69 Å².